The number of hydrogen-bond acceptors (Lipinski definition) is 5. The van der Waals surface area contributed by atoms with E-state index in [1.54, 1.807) is 40.9 Å². The Hall–Kier alpha value is -2.74. The number of sulfone groups is 1. The monoisotopic (exact) mass is 330 g/mol. The van der Waals surface area contributed by atoms with Crippen molar-refractivity contribution >= 4 is 27.3 Å². The van der Waals surface area contributed by atoms with E-state index in [0.29, 0.717) is 22.7 Å². The maximum absolute atomic E-state index is 12.2. The molecule has 0 bridgehead atoms. The molecule has 0 fully saturated rings. The first-order chi connectivity index (χ1) is 10.9. The fourth-order valence-corrected chi connectivity index (χ4v) is 2.95. The second-order valence-corrected chi connectivity index (χ2v) is 7.31. The zero-order valence-corrected chi connectivity index (χ0v) is 13.1. The topological polar surface area (TPSA) is 93.4 Å². The zero-order chi connectivity index (χ0) is 16.4. The van der Waals surface area contributed by atoms with Crippen molar-refractivity contribution in [2.75, 3.05) is 11.6 Å². The van der Waals surface area contributed by atoms with E-state index in [2.05, 4.69) is 15.5 Å². The van der Waals surface area contributed by atoms with Gasteiger partial charge in [-0.3, -0.25) is 14.5 Å². The summed E-state index contributed by atoms with van der Waals surface area (Å²) in [6.45, 7) is 0. The van der Waals surface area contributed by atoms with Crippen LogP contribution < -0.4 is 5.32 Å². The van der Waals surface area contributed by atoms with Crippen LogP contribution in [0.15, 0.2) is 48.7 Å². The Balaban J connectivity index is 1.78. The molecule has 2 heterocycles. The van der Waals surface area contributed by atoms with Gasteiger partial charge in [0.2, 0.25) is 5.95 Å². The third kappa shape index (κ3) is 3.54. The molecule has 1 N–H and O–H groups in total. The summed E-state index contributed by atoms with van der Waals surface area (Å²) in [6, 6.07) is 11.8. The summed E-state index contributed by atoms with van der Waals surface area (Å²) >= 11 is 0. The molecule has 0 radical (unpaired) electrons. The number of nitrogens with one attached hydrogen (secondary N) is 1. The first-order valence-corrected chi connectivity index (χ1v) is 8.86. The van der Waals surface area contributed by atoms with Crippen molar-refractivity contribution in [1.29, 1.82) is 0 Å². The summed E-state index contributed by atoms with van der Waals surface area (Å²) in [4.78, 5) is 12.2. The highest BCUT2D eigenvalue weighted by molar-refractivity contribution is 7.89. The number of carbonyl (C=O) groups is 1. The molecule has 2 aromatic heterocycles. The molecule has 0 saturated carbocycles. The first kappa shape index (κ1) is 15.2. The lowest BCUT2D eigenvalue weighted by Gasteiger charge is -2.05. The maximum Gasteiger partial charge on any atom is 0.258 e. The van der Waals surface area contributed by atoms with Gasteiger partial charge in [0, 0.05) is 18.0 Å². The Morgan fingerprint density at radius 1 is 1.13 bits per heavy atom. The Morgan fingerprint density at radius 3 is 2.57 bits per heavy atom. The van der Waals surface area contributed by atoms with Gasteiger partial charge in [-0.2, -0.15) is 0 Å². The molecule has 0 aliphatic rings. The molecule has 8 heteroatoms. The molecule has 3 aromatic rings. The lowest BCUT2D eigenvalue weighted by atomic mass is 10.1. The van der Waals surface area contributed by atoms with Crippen LogP contribution in [0, 0.1) is 0 Å². The van der Waals surface area contributed by atoms with Crippen LogP contribution in [-0.4, -0.2) is 35.2 Å². The van der Waals surface area contributed by atoms with Crippen LogP contribution in [-0.2, 0) is 15.6 Å². The molecule has 0 saturated heterocycles. The molecular weight excluding hydrogens is 316 g/mol. The number of nitrogens with zero attached hydrogens (tertiary/aromatic N) is 3. The molecule has 1 amide bonds. The number of benzene rings is 1. The van der Waals surface area contributed by atoms with E-state index < -0.39 is 9.84 Å². The van der Waals surface area contributed by atoms with Gasteiger partial charge in [0.05, 0.1) is 5.75 Å². The van der Waals surface area contributed by atoms with E-state index in [9.17, 15) is 13.2 Å². The van der Waals surface area contributed by atoms with E-state index in [1.165, 1.54) is 6.26 Å². The van der Waals surface area contributed by atoms with Crippen molar-refractivity contribution in [2.24, 2.45) is 0 Å². The number of aromatic nitrogens is 3. The third-order valence-electron chi connectivity index (χ3n) is 3.18. The Kier molecular flexibility index (Phi) is 3.83. The Morgan fingerprint density at radius 2 is 1.87 bits per heavy atom. The van der Waals surface area contributed by atoms with Crippen molar-refractivity contribution < 1.29 is 13.2 Å². The highest BCUT2D eigenvalue weighted by Gasteiger charge is 2.11. The van der Waals surface area contributed by atoms with Crippen molar-refractivity contribution in [3.63, 3.8) is 0 Å². The minimum atomic E-state index is -3.10. The zero-order valence-electron chi connectivity index (χ0n) is 12.3. The van der Waals surface area contributed by atoms with Crippen LogP contribution in [0.25, 0.3) is 5.65 Å². The molecule has 0 aliphatic carbocycles. The highest BCUT2D eigenvalue weighted by Crippen LogP contribution is 2.11. The summed E-state index contributed by atoms with van der Waals surface area (Å²) in [7, 11) is -3.10. The molecule has 23 heavy (non-hydrogen) atoms. The number of amides is 1. The second kappa shape index (κ2) is 5.81. The lowest BCUT2D eigenvalue weighted by molar-refractivity contribution is 0.102. The van der Waals surface area contributed by atoms with Crippen LogP contribution in [0.3, 0.4) is 0 Å². The number of carbonyl (C=O) groups excluding carboxylic acids is 1. The van der Waals surface area contributed by atoms with Gasteiger partial charge in [-0.15, -0.1) is 10.2 Å². The predicted molar refractivity (Wildman–Crippen MR) is 85.9 cm³/mol. The number of pyridine rings is 1. The lowest BCUT2D eigenvalue weighted by Crippen LogP contribution is -2.14. The molecule has 118 valence electrons. The van der Waals surface area contributed by atoms with Crippen molar-refractivity contribution in [3.8, 4) is 0 Å². The summed E-state index contributed by atoms with van der Waals surface area (Å²) in [6.07, 6.45) is 2.92. The van der Waals surface area contributed by atoms with Gasteiger partial charge in [-0.05, 0) is 29.8 Å². The predicted octanol–water partition coefficient (Wildman–Crippen LogP) is 1.53. The van der Waals surface area contributed by atoms with E-state index in [4.69, 9.17) is 0 Å². The summed E-state index contributed by atoms with van der Waals surface area (Å²) in [5.74, 6) is -0.0659. The average molecular weight is 330 g/mol. The SMILES string of the molecule is CS(=O)(=O)Cc1ccc(C(=O)Nc2nnc3ccccn23)cc1. The van der Waals surface area contributed by atoms with Gasteiger partial charge in [-0.1, -0.05) is 18.2 Å². The number of rotatable bonds is 4. The van der Waals surface area contributed by atoms with Crippen molar-refractivity contribution in [2.45, 2.75) is 5.75 Å². The molecule has 0 spiro atoms. The van der Waals surface area contributed by atoms with E-state index in [0.717, 1.165) is 0 Å². The number of anilines is 1. The summed E-state index contributed by atoms with van der Waals surface area (Å²) in [5.41, 5.74) is 1.68. The molecule has 0 aliphatic heterocycles. The first-order valence-electron chi connectivity index (χ1n) is 6.80. The van der Waals surface area contributed by atoms with Gasteiger partial charge in [0.15, 0.2) is 15.5 Å². The molecule has 0 unspecified atom stereocenters. The van der Waals surface area contributed by atoms with Gasteiger partial charge < -0.3 is 0 Å². The minimum absolute atomic E-state index is 0.0519. The van der Waals surface area contributed by atoms with E-state index in [1.807, 2.05) is 12.1 Å². The average Bonchev–Trinajstić information content (AvgIpc) is 2.90. The smallest absolute Gasteiger partial charge is 0.258 e. The Labute approximate surface area is 132 Å². The van der Waals surface area contributed by atoms with E-state index >= 15 is 0 Å². The highest BCUT2D eigenvalue weighted by atomic mass is 32.2. The summed E-state index contributed by atoms with van der Waals surface area (Å²) in [5, 5.41) is 10.6. The van der Waals surface area contributed by atoms with Crippen molar-refractivity contribution in [1.82, 2.24) is 14.6 Å². The van der Waals surface area contributed by atoms with Crippen LogP contribution >= 0.6 is 0 Å². The standard InChI is InChI=1S/C15H14N4O3S/c1-23(21,22)10-11-5-7-12(8-6-11)14(20)16-15-18-17-13-4-2-3-9-19(13)15/h2-9H,10H2,1H3,(H,16,18,20). The molecule has 7 nitrogen and oxygen atoms in total. The maximum atomic E-state index is 12.2. The molecule has 0 atom stereocenters. The minimum Gasteiger partial charge on any atom is -0.290 e. The van der Waals surface area contributed by atoms with Crippen LogP contribution in [0.5, 0.6) is 0 Å². The number of hydrogen-bond donors (Lipinski definition) is 1. The molecule has 3 rings (SSSR count). The largest absolute Gasteiger partial charge is 0.290 e. The molecule has 1 aromatic carbocycles. The molecular formula is C15H14N4O3S. The van der Waals surface area contributed by atoms with Crippen molar-refractivity contribution in [3.05, 3.63) is 59.8 Å². The van der Waals surface area contributed by atoms with E-state index in [-0.39, 0.29) is 11.7 Å². The van der Waals surface area contributed by atoms with Gasteiger partial charge in [-0.25, -0.2) is 8.42 Å². The van der Waals surface area contributed by atoms with Gasteiger partial charge in [0.1, 0.15) is 0 Å². The van der Waals surface area contributed by atoms with Gasteiger partial charge in [0.25, 0.3) is 5.91 Å². The third-order valence-corrected chi connectivity index (χ3v) is 4.04. The fourth-order valence-electron chi connectivity index (χ4n) is 2.16. The number of fused-ring (bicyclic) bond motifs is 1. The second-order valence-electron chi connectivity index (χ2n) is 5.17. The van der Waals surface area contributed by atoms with Crippen LogP contribution in [0.4, 0.5) is 5.95 Å². The fraction of sp³-hybridized carbons (Fsp3) is 0.133. The van der Waals surface area contributed by atoms with Crippen LogP contribution in [0.1, 0.15) is 15.9 Å². The van der Waals surface area contributed by atoms with Gasteiger partial charge >= 0.3 is 0 Å². The quantitative estimate of drug-likeness (QED) is 0.783. The van der Waals surface area contributed by atoms with Crippen LogP contribution in [0.2, 0.25) is 0 Å². The summed E-state index contributed by atoms with van der Waals surface area (Å²) < 4.78 is 24.2. The Bertz CT molecular complexity index is 962. The normalized spacial score (nSPS) is 11.5.